The third-order valence-electron chi connectivity index (χ3n) is 2.78. The number of aliphatic hydroxyl groups is 1. The maximum atomic E-state index is 11.9. The number of carbonyl (C=O) groups excluding carboxylic acids is 1. The number of hydrogen-bond donors (Lipinski definition) is 1. The van der Waals surface area contributed by atoms with Crippen molar-refractivity contribution in [2.75, 3.05) is 13.2 Å². The molecule has 0 aliphatic carbocycles. The van der Waals surface area contributed by atoms with Gasteiger partial charge >= 0.3 is 6.09 Å². The summed E-state index contributed by atoms with van der Waals surface area (Å²) in [5.74, 6) is 0.0533. The van der Waals surface area contributed by atoms with Crippen LogP contribution in [0.25, 0.3) is 0 Å². The van der Waals surface area contributed by atoms with Crippen molar-refractivity contribution >= 4 is 6.09 Å². The van der Waals surface area contributed by atoms with Gasteiger partial charge in [-0.3, -0.25) is 4.90 Å². The molecular weight excluding hydrogens is 220 g/mol. The summed E-state index contributed by atoms with van der Waals surface area (Å²) in [5.41, 5.74) is -0.549. The van der Waals surface area contributed by atoms with Gasteiger partial charge in [0.1, 0.15) is 11.6 Å². The summed E-state index contributed by atoms with van der Waals surface area (Å²) >= 11 is 0. The van der Waals surface area contributed by atoms with Gasteiger partial charge < -0.3 is 9.84 Å². The predicted molar refractivity (Wildman–Crippen MR) is 62.2 cm³/mol. The maximum absolute atomic E-state index is 11.9. The quantitative estimate of drug-likeness (QED) is 0.794. The Balaban J connectivity index is 2.66. The molecule has 0 aromatic rings. The first-order valence-corrected chi connectivity index (χ1v) is 5.89. The van der Waals surface area contributed by atoms with Crippen LogP contribution < -0.4 is 0 Å². The van der Waals surface area contributed by atoms with Crippen LogP contribution in [0.2, 0.25) is 0 Å². The van der Waals surface area contributed by atoms with Crippen molar-refractivity contribution < 1.29 is 14.6 Å². The highest BCUT2D eigenvalue weighted by atomic mass is 16.6. The zero-order valence-electron chi connectivity index (χ0n) is 10.6. The molecule has 5 nitrogen and oxygen atoms in total. The highest BCUT2D eigenvalue weighted by Gasteiger charge is 2.38. The number of nitrogens with zero attached hydrogens (tertiary/aromatic N) is 2. The second-order valence-electron chi connectivity index (χ2n) is 5.31. The summed E-state index contributed by atoms with van der Waals surface area (Å²) in [6, 6.07) is 1.65. The van der Waals surface area contributed by atoms with Gasteiger partial charge in [0.05, 0.1) is 6.07 Å². The lowest BCUT2D eigenvalue weighted by molar-refractivity contribution is 0.0244. The first-order valence-electron chi connectivity index (χ1n) is 5.89. The van der Waals surface area contributed by atoms with Crippen molar-refractivity contribution in [1.82, 2.24) is 4.90 Å². The highest BCUT2D eigenvalue weighted by Crippen LogP contribution is 2.28. The van der Waals surface area contributed by atoms with E-state index in [1.807, 2.05) is 0 Å². The van der Waals surface area contributed by atoms with Crippen LogP contribution in [0.1, 0.15) is 33.6 Å². The van der Waals surface area contributed by atoms with Gasteiger partial charge in [0.2, 0.25) is 0 Å². The number of carbonyl (C=O) groups is 1. The normalized spacial score (nSPS) is 24.5. The minimum absolute atomic E-state index is 0.0466. The molecule has 1 heterocycles. The monoisotopic (exact) mass is 240 g/mol. The van der Waals surface area contributed by atoms with Gasteiger partial charge in [0, 0.05) is 13.2 Å². The fourth-order valence-corrected chi connectivity index (χ4v) is 2.02. The van der Waals surface area contributed by atoms with Crippen molar-refractivity contribution in [3.8, 4) is 6.07 Å². The molecule has 0 spiro atoms. The Morgan fingerprint density at radius 2 is 2.24 bits per heavy atom. The molecule has 1 rings (SSSR count). The molecule has 1 N–H and O–H groups in total. The molecule has 1 aliphatic rings. The Kier molecular flexibility index (Phi) is 4.35. The van der Waals surface area contributed by atoms with Gasteiger partial charge in [0.25, 0.3) is 0 Å². The van der Waals surface area contributed by atoms with E-state index in [0.29, 0.717) is 13.0 Å². The fraction of sp³-hybridized carbons (Fsp3) is 0.833. The lowest BCUT2D eigenvalue weighted by Crippen LogP contribution is -2.40. The third-order valence-corrected chi connectivity index (χ3v) is 2.78. The van der Waals surface area contributed by atoms with E-state index in [2.05, 4.69) is 6.07 Å². The number of amides is 1. The molecule has 0 bridgehead atoms. The zero-order valence-corrected chi connectivity index (χ0v) is 10.6. The van der Waals surface area contributed by atoms with Gasteiger partial charge in [0.15, 0.2) is 0 Å². The van der Waals surface area contributed by atoms with Gasteiger partial charge in [-0.05, 0) is 39.5 Å². The van der Waals surface area contributed by atoms with Gasteiger partial charge in [-0.25, -0.2) is 4.79 Å². The number of aliphatic hydroxyl groups excluding tert-OH is 1. The first kappa shape index (κ1) is 13.8. The summed E-state index contributed by atoms with van der Waals surface area (Å²) in [4.78, 5) is 13.3. The summed E-state index contributed by atoms with van der Waals surface area (Å²) in [7, 11) is 0. The van der Waals surface area contributed by atoms with Crippen LogP contribution in [-0.2, 0) is 4.74 Å². The molecule has 0 aromatic carbocycles. The molecule has 1 aliphatic heterocycles. The van der Waals surface area contributed by atoms with E-state index >= 15 is 0 Å². The topological polar surface area (TPSA) is 73.6 Å². The van der Waals surface area contributed by atoms with E-state index in [1.54, 1.807) is 20.8 Å². The number of likely N-dealkylation sites (tertiary alicyclic amines) is 1. The Hall–Kier alpha value is -1.28. The van der Waals surface area contributed by atoms with Crippen LogP contribution in [0.15, 0.2) is 0 Å². The Labute approximate surface area is 102 Å². The molecule has 1 amide bonds. The lowest BCUT2D eigenvalue weighted by Gasteiger charge is -2.27. The molecule has 96 valence electrons. The first-order chi connectivity index (χ1) is 7.89. The van der Waals surface area contributed by atoms with E-state index in [4.69, 9.17) is 15.1 Å². The highest BCUT2D eigenvalue weighted by molar-refractivity contribution is 5.69. The minimum atomic E-state index is -0.549. The smallest absolute Gasteiger partial charge is 0.411 e. The largest absolute Gasteiger partial charge is 0.444 e. The van der Waals surface area contributed by atoms with E-state index < -0.39 is 17.7 Å². The molecular formula is C12H20N2O3. The van der Waals surface area contributed by atoms with Crippen molar-refractivity contribution in [1.29, 1.82) is 5.26 Å². The van der Waals surface area contributed by atoms with Gasteiger partial charge in [-0.15, -0.1) is 0 Å². The van der Waals surface area contributed by atoms with Crippen LogP contribution in [0.3, 0.4) is 0 Å². The molecule has 0 saturated carbocycles. The van der Waals surface area contributed by atoms with E-state index in [0.717, 1.165) is 6.42 Å². The van der Waals surface area contributed by atoms with Crippen LogP contribution >= 0.6 is 0 Å². The van der Waals surface area contributed by atoms with E-state index in [1.165, 1.54) is 4.90 Å². The molecule has 5 heteroatoms. The Morgan fingerprint density at radius 1 is 1.59 bits per heavy atom. The van der Waals surface area contributed by atoms with Crippen molar-refractivity contribution in [2.45, 2.75) is 45.3 Å². The van der Waals surface area contributed by atoms with Gasteiger partial charge in [-0.1, -0.05) is 0 Å². The summed E-state index contributed by atoms with van der Waals surface area (Å²) in [6.07, 6.45) is 0.861. The minimum Gasteiger partial charge on any atom is -0.444 e. The molecule has 0 aromatic heterocycles. The van der Waals surface area contributed by atoms with Crippen LogP contribution in [0.5, 0.6) is 0 Å². The standard InChI is InChI=1S/C12H20N2O3/c1-12(2,3)17-11(16)14-6-4-9(5-7-15)10(14)8-13/h9-10,15H,4-7H2,1-3H3. The van der Waals surface area contributed by atoms with Crippen molar-refractivity contribution in [3.05, 3.63) is 0 Å². The molecule has 17 heavy (non-hydrogen) atoms. The van der Waals surface area contributed by atoms with Crippen molar-refractivity contribution in [3.63, 3.8) is 0 Å². The molecule has 2 atom stereocenters. The third kappa shape index (κ3) is 3.60. The van der Waals surface area contributed by atoms with Crippen molar-refractivity contribution in [2.24, 2.45) is 5.92 Å². The Morgan fingerprint density at radius 3 is 2.71 bits per heavy atom. The van der Waals surface area contributed by atoms with E-state index in [9.17, 15) is 4.79 Å². The van der Waals surface area contributed by atoms with Crippen LogP contribution in [0.4, 0.5) is 4.79 Å². The maximum Gasteiger partial charge on any atom is 0.411 e. The van der Waals surface area contributed by atoms with Crippen LogP contribution in [-0.4, -0.2) is 40.9 Å². The number of ether oxygens (including phenoxy) is 1. The summed E-state index contributed by atoms with van der Waals surface area (Å²) in [6.45, 7) is 5.97. The second-order valence-corrected chi connectivity index (χ2v) is 5.31. The summed E-state index contributed by atoms with van der Waals surface area (Å²) in [5, 5.41) is 18.0. The number of hydrogen-bond acceptors (Lipinski definition) is 4. The second kappa shape index (κ2) is 5.37. The molecule has 1 fully saturated rings. The summed E-state index contributed by atoms with van der Waals surface area (Å²) < 4.78 is 5.25. The number of rotatable bonds is 2. The average Bonchev–Trinajstić information content (AvgIpc) is 2.58. The zero-order chi connectivity index (χ0) is 13.1. The SMILES string of the molecule is CC(C)(C)OC(=O)N1CCC(CCO)C1C#N. The van der Waals surface area contributed by atoms with Crippen LogP contribution in [0, 0.1) is 17.2 Å². The number of nitriles is 1. The average molecular weight is 240 g/mol. The fourth-order valence-electron chi connectivity index (χ4n) is 2.02. The predicted octanol–water partition coefficient (Wildman–Crippen LogP) is 1.52. The Bertz CT molecular complexity index is 317. The van der Waals surface area contributed by atoms with Gasteiger partial charge in [-0.2, -0.15) is 5.26 Å². The molecule has 0 radical (unpaired) electrons. The molecule has 2 unspecified atom stereocenters. The van der Waals surface area contributed by atoms with E-state index in [-0.39, 0.29) is 12.5 Å². The lowest BCUT2D eigenvalue weighted by atomic mass is 9.98. The molecule has 1 saturated heterocycles.